The molecule has 3 nitrogen and oxygen atoms in total. The van der Waals surface area contributed by atoms with Crippen LogP contribution in [0.1, 0.15) is 33.1 Å². The fraction of sp³-hybridized carbons (Fsp3) is 0.900. The summed E-state index contributed by atoms with van der Waals surface area (Å²) in [6, 6.07) is 0. The van der Waals surface area contributed by atoms with E-state index in [0.29, 0.717) is 18.9 Å². The van der Waals surface area contributed by atoms with E-state index in [1.165, 1.54) is 0 Å². The maximum atomic E-state index is 11.6. The molecule has 3 heteroatoms. The molecule has 76 valence electrons. The van der Waals surface area contributed by atoms with Gasteiger partial charge in [-0.2, -0.15) is 0 Å². The number of rotatable bonds is 3. The highest BCUT2D eigenvalue weighted by Gasteiger charge is 2.24. The molecule has 13 heavy (non-hydrogen) atoms. The van der Waals surface area contributed by atoms with Crippen molar-refractivity contribution in [3.63, 3.8) is 0 Å². The topological polar surface area (TPSA) is 40.5 Å². The molecule has 1 N–H and O–H groups in total. The lowest BCUT2D eigenvalue weighted by Crippen LogP contribution is -2.30. The predicted molar refractivity (Wildman–Crippen MR) is 51.3 cm³/mol. The van der Waals surface area contributed by atoms with Crippen LogP contribution in [-0.4, -0.2) is 35.1 Å². The maximum Gasteiger partial charge on any atom is 0.222 e. The van der Waals surface area contributed by atoms with Crippen molar-refractivity contribution >= 4 is 5.91 Å². The van der Waals surface area contributed by atoms with E-state index < -0.39 is 0 Å². The highest BCUT2D eigenvalue weighted by Crippen LogP contribution is 2.14. The van der Waals surface area contributed by atoms with Crippen molar-refractivity contribution in [2.75, 3.05) is 13.1 Å². The lowest BCUT2D eigenvalue weighted by atomic mass is 10.0. The van der Waals surface area contributed by atoms with Crippen molar-refractivity contribution < 1.29 is 9.90 Å². The van der Waals surface area contributed by atoms with Crippen molar-refractivity contribution in [3.8, 4) is 0 Å². The Labute approximate surface area is 79.7 Å². The first kappa shape index (κ1) is 10.5. The number of nitrogens with zero attached hydrogens (tertiary/aromatic N) is 1. The van der Waals surface area contributed by atoms with E-state index >= 15 is 0 Å². The van der Waals surface area contributed by atoms with Crippen molar-refractivity contribution in [2.45, 2.75) is 39.2 Å². The van der Waals surface area contributed by atoms with Crippen LogP contribution in [0.15, 0.2) is 0 Å². The van der Waals surface area contributed by atoms with Gasteiger partial charge in [-0.25, -0.2) is 0 Å². The molecule has 0 aromatic heterocycles. The van der Waals surface area contributed by atoms with Gasteiger partial charge in [0, 0.05) is 19.5 Å². The Balaban J connectivity index is 2.31. The molecule has 0 spiro atoms. The summed E-state index contributed by atoms with van der Waals surface area (Å²) in [6.07, 6.45) is 2.12. The van der Waals surface area contributed by atoms with Crippen LogP contribution in [0, 0.1) is 5.92 Å². The van der Waals surface area contributed by atoms with E-state index in [0.717, 1.165) is 19.4 Å². The SMILES string of the molecule is CCC(C)CC(=O)N1CC[C@@H](O)C1. The molecule has 1 aliphatic rings. The summed E-state index contributed by atoms with van der Waals surface area (Å²) in [5.74, 6) is 0.663. The zero-order valence-electron chi connectivity index (χ0n) is 8.49. The Bertz CT molecular complexity index is 182. The zero-order valence-corrected chi connectivity index (χ0v) is 8.49. The van der Waals surface area contributed by atoms with Crippen LogP contribution < -0.4 is 0 Å². The molecule has 1 rings (SSSR count). The standard InChI is InChI=1S/C10H19NO2/c1-3-8(2)6-10(13)11-5-4-9(12)7-11/h8-9,12H,3-7H2,1-2H3/t8?,9-/m1/s1. The second-order valence-corrected chi connectivity index (χ2v) is 4.00. The molecule has 1 aliphatic heterocycles. The average Bonchev–Trinajstić information content (AvgIpc) is 2.51. The van der Waals surface area contributed by atoms with E-state index in [4.69, 9.17) is 0 Å². The lowest BCUT2D eigenvalue weighted by molar-refractivity contribution is -0.131. The number of β-amino-alcohol motifs (C(OH)–C–C–N with tert-alkyl or cyclic N) is 1. The maximum absolute atomic E-state index is 11.6. The van der Waals surface area contributed by atoms with Crippen LogP contribution >= 0.6 is 0 Å². The van der Waals surface area contributed by atoms with E-state index in [-0.39, 0.29) is 12.0 Å². The summed E-state index contributed by atoms with van der Waals surface area (Å²) in [5, 5.41) is 9.25. The quantitative estimate of drug-likeness (QED) is 0.713. The van der Waals surface area contributed by atoms with Gasteiger partial charge < -0.3 is 10.0 Å². The number of carbonyl (C=O) groups is 1. The minimum Gasteiger partial charge on any atom is -0.391 e. The summed E-state index contributed by atoms with van der Waals surface area (Å²) in [5.41, 5.74) is 0. The molecule has 1 unspecified atom stereocenters. The third-order valence-corrected chi connectivity index (χ3v) is 2.74. The number of likely N-dealkylation sites (tertiary alicyclic amines) is 1. The second kappa shape index (κ2) is 4.61. The van der Waals surface area contributed by atoms with E-state index in [2.05, 4.69) is 13.8 Å². The van der Waals surface area contributed by atoms with Crippen molar-refractivity contribution in [1.29, 1.82) is 0 Å². The molecule has 0 radical (unpaired) electrons. The molecule has 1 heterocycles. The van der Waals surface area contributed by atoms with Gasteiger partial charge in [0.05, 0.1) is 6.10 Å². The van der Waals surface area contributed by atoms with Crippen molar-refractivity contribution in [1.82, 2.24) is 4.90 Å². The van der Waals surface area contributed by atoms with Gasteiger partial charge in [0.1, 0.15) is 0 Å². The largest absolute Gasteiger partial charge is 0.391 e. The monoisotopic (exact) mass is 185 g/mol. The molecule has 0 bridgehead atoms. The molecule has 0 aromatic rings. The number of carbonyl (C=O) groups excluding carboxylic acids is 1. The number of hydrogen-bond acceptors (Lipinski definition) is 2. The normalized spacial score (nSPS) is 24.8. The molecular weight excluding hydrogens is 166 g/mol. The highest BCUT2D eigenvalue weighted by atomic mass is 16.3. The lowest BCUT2D eigenvalue weighted by Gasteiger charge is -2.17. The van der Waals surface area contributed by atoms with E-state index in [1.807, 2.05) is 0 Å². The molecule has 1 amide bonds. The van der Waals surface area contributed by atoms with E-state index in [1.54, 1.807) is 4.90 Å². The zero-order chi connectivity index (χ0) is 9.84. The van der Waals surface area contributed by atoms with E-state index in [9.17, 15) is 9.90 Å². The predicted octanol–water partition coefficient (Wildman–Crippen LogP) is 1.02. The minimum absolute atomic E-state index is 0.200. The molecule has 1 saturated heterocycles. The van der Waals surface area contributed by atoms with Crippen LogP contribution in [0.2, 0.25) is 0 Å². The minimum atomic E-state index is -0.291. The summed E-state index contributed by atoms with van der Waals surface area (Å²) in [6.45, 7) is 5.45. The Morgan fingerprint density at radius 2 is 2.38 bits per heavy atom. The van der Waals surface area contributed by atoms with Gasteiger partial charge in [-0.15, -0.1) is 0 Å². The van der Waals surface area contributed by atoms with Gasteiger partial charge in [0.25, 0.3) is 0 Å². The molecule has 0 saturated carbocycles. The van der Waals surface area contributed by atoms with Crippen LogP contribution in [0.4, 0.5) is 0 Å². The molecule has 0 aromatic carbocycles. The van der Waals surface area contributed by atoms with Gasteiger partial charge in [0.15, 0.2) is 0 Å². The Morgan fingerprint density at radius 1 is 1.69 bits per heavy atom. The van der Waals surface area contributed by atoms with Crippen LogP contribution in [0.3, 0.4) is 0 Å². The fourth-order valence-corrected chi connectivity index (χ4v) is 1.54. The van der Waals surface area contributed by atoms with Crippen LogP contribution in [0.5, 0.6) is 0 Å². The first-order chi connectivity index (χ1) is 6.13. The third kappa shape index (κ3) is 2.99. The summed E-state index contributed by atoms with van der Waals surface area (Å²) in [4.78, 5) is 13.3. The first-order valence-electron chi connectivity index (χ1n) is 5.09. The van der Waals surface area contributed by atoms with Crippen molar-refractivity contribution in [3.05, 3.63) is 0 Å². The van der Waals surface area contributed by atoms with Gasteiger partial charge >= 0.3 is 0 Å². The highest BCUT2D eigenvalue weighted by molar-refractivity contribution is 5.76. The van der Waals surface area contributed by atoms with Gasteiger partial charge in [-0.3, -0.25) is 4.79 Å². The number of aliphatic hydroxyl groups is 1. The number of hydrogen-bond donors (Lipinski definition) is 1. The van der Waals surface area contributed by atoms with Gasteiger partial charge in [-0.1, -0.05) is 20.3 Å². The molecular formula is C10H19NO2. The summed E-state index contributed by atoms with van der Waals surface area (Å²) < 4.78 is 0. The first-order valence-corrected chi connectivity index (χ1v) is 5.09. The second-order valence-electron chi connectivity index (χ2n) is 4.00. The summed E-state index contributed by atoms with van der Waals surface area (Å²) in [7, 11) is 0. The molecule has 0 aliphatic carbocycles. The third-order valence-electron chi connectivity index (χ3n) is 2.74. The van der Waals surface area contributed by atoms with Gasteiger partial charge in [0.2, 0.25) is 5.91 Å². The Hall–Kier alpha value is -0.570. The van der Waals surface area contributed by atoms with Gasteiger partial charge in [-0.05, 0) is 12.3 Å². The Kier molecular flexibility index (Phi) is 3.72. The Morgan fingerprint density at radius 3 is 2.85 bits per heavy atom. The fourth-order valence-electron chi connectivity index (χ4n) is 1.54. The molecule has 2 atom stereocenters. The number of amides is 1. The molecule has 1 fully saturated rings. The van der Waals surface area contributed by atoms with Crippen LogP contribution in [-0.2, 0) is 4.79 Å². The van der Waals surface area contributed by atoms with Crippen molar-refractivity contribution in [2.24, 2.45) is 5.92 Å². The summed E-state index contributed by atoms with van der Waals surface area (Å²) >= 11 is 0. The average molecular weight is 185 g/mol. The number of aliphatic hydroxyl groups excluding tert-OH is 1. The smallest absolute Gasteiger partial charge is 0.222 e. The van der Waals surface area contributed by atoms with Crippen LogP contribution in [0.25, 0.3) is 0 Å².